The maximum Gasteiger partial charge on any atom is 0.125 e. The van der Waals surface area contributed by atoms with Gasteiger partial charge in [-0.25, -0.2) is 0 Å². The zero-order valence-electron chi connectivity index (χ0n) is 5.50. The zero-order chi connectivity index (χ0) is 6.97. The predicted molar refractivity (Wildman–Crippen MR) is 41.4 cm³/mol. The van der Waals surface area contributed by atoms with Crippen LogP contribution in [0.4, 0.5) is 0 Å². The Hall–Kier alpha value is -0.700. The van der Waals surface area contributed by atoms with E-state index in [-0.39, 0.29) is 0 Å². The molecule has 0 spiro atoms. The molecule has 0 aromatic carbocycles. The van der Waals surface area contributed by atoms with E-state index in [1.807, 2.05) is 0 Å². The van der Waals surface area contributed by atoms with Gasteiger partial charge in [0, 0.05) is 18.3 Å². The SMILES string of the molecule is S=c1[nH]ccnc1C1CC1. The molecule has 0 saturated heterocycles. The van der Waals surface area contributed by atoms with Gasteiger partial charge in [-0.15, -0.1) is 0 Å². The van der Waals surface area contributed by atoms with Crippen molar-refractivity contribution in [2.24, 2.45) is 0 Å². The molecule has 0 amide bonds. The van der Waals surface area contributed by atoms with Gasteiger partial charge in [0.2, 0.25) is 0 Å². The van der Waals surface area contributed by atoms with Gasteiger partial charge < -0.3 is 4.98 Å². The minimum Gasteiger partial charge on any atom is -0.350 e. The van der Waals surface area contributed by atoms with Gasteiger partial charge in [0.1, 0.15) is 4.64 Å². The maximum atomic E-state index is 5.05. The monoisotopic (exact) mass is 152 g/mol. The van der Waals surface area contributed by atoms with Crippen molar-refractivity contribution in [2.45, 2.75) is 18.8 Å². The molecule has 2 rings (SSSR count). The topological polar surface area (TPSA) is 28.7 Å². The van der Waals surface area contributed by atoms with Gasteiger partial charge in [-0.2, -0.15) is 0 Å². The molecule has 1 aromatic rings. The van der Waals surface area contributed by atoms with Crippen molar-refractivity contribution in [1.82, 2.24) is 9.97 Å². The largest absolute Gasteiger partial charge is 0.350 e. The molecule has 0 bridgehead atoms. The van der Waals surface area contributed by atoms with E-state index in [1.54, 1.807) is 12.4 Å². The molecule has 0 atom stereocenters. The van der Waals surface area contributed by atoms with Gasteiger partial charge in [0.05, 0.1) is 5.69 Å². The lowest BCUT2D eigenvalue weighted by Gasteiger charge is -1.93. The normalized spacial score (nSPS) is 17.2. The highest BCUT2D eigenvalue weighted by molar-refractivity contribution is 7.71. The average molecular weight is 152 g/mol. The van der Waals surface area contributed by atoms with Crippen LogP contribution in [-0.2, 0) is 0 Å². The smallest absolute Gasteiger partial charge is 0.125 e. The molecule has 2 nitrogen and oxygen atoms in total. The molecular formula is C7H8N2S. The van der Waals surface area contributed by atoms with Crippen LogP contribution in [-0.4, -0.2) is 9.97 Å². The molecule has 10 heavy (non-hydrogen) atoms. The average Bonchev–Trinajstić information content (AvgIpc) is 2.71. The first kappa shape index (κ1) is 6.04. The summed E-state index contributed by atoms with van der Waals surface area (Å²) in [6, 6.07) is 0. The van der Waals surface area contributed by atoms with Gasteiger partial charge in [-0.1, -0.05) is 12.2 Å². The Labute approximate surface area is 64.3 Å². The van der Waals surface area contributed by atoms with Crippen molar-refractivity contribution in [3.05, 3.63) is 22.7 Å². The van der Waals surface area contributed by atoms with Crippen LogP contribution in [0.3, 0.4) is 0 Å². The van der Waals surface area contributed by atoms with Crippen LogP contribution in [0.2, 0.25) is 0 Å². The minimum atomic E-state index is 0.657. The van der Waals surface area contributed by atoms with E-state index in [2.05, 4.69) is 9.97 Å². The number of aromatic amines is 1. The van der Waals surface area contributed by atoms with E-state index in [1.165, 1.54) is 12.8 Å². The van der Waals surface area contributed by atoms with Crippen LogP contribution in [0, 0.1) is 4.64 Å². The Kier molecular flexibility index (Phi) is 1.31. The second kappa shape index (κ2) is 2.16. The number of nitrogens with one attached hydrogen (secondary N) is 1. The molecule has 1 heterocycles. The zero-order valence-corrected chi connectivity index (χ0v) is 6.32. The molecule has 0 unspecified atom stereocenters. The summed E-state index contributed by atoms with van der Waals surface area (Å²) >= 11 is 5.05. The van der Waals surface area contributed by atoms with Crippen LogP contribution >= 0.6 is 12.2 Å². The van der Waals surface area contributed by atoms with Crippen LogP contribution in [0.15, 0.2) is 12.4 Å². The van der Waals surface area contributed by atoms with Gasteiger partial charge in [0.25, 0.3) is 0 Å². The highest BCUT2D eigenvalue weighted by atomic mass is 32.1. The second-order valence-electron chi connectivity index (χ2n) is 2.58. The number of hydrogen-bond acceptors (Lipinski definition) is 2. The molecule has 0 aliphatic heterocycles. The van der Waals surface area contributed by atoms with Gasteiger partial charge in [-0.3, -0.25) is 4.98 Å². The molecule has 1 saturated carbocycles. The molecule has 52 valence electrons. The van der Waals surface area contributed by atoms with E-state index >= 15 is 0 Å². The first-order valence-corrected chi connectivity index (χ1v) is 3.82. The number of rotatable bonds is 1. The quantitative estimate of drug-likeness (QED) is 0.624. The lowest BCUT2D eigenvalue weighted by atomic mass is 10.3. The van der Waals surface area contributed by atoms with E-state index in [9.17, 15) is 0 Å². The first-order chi connectivity index (χ1) is 4.88. The number of aromatic nitrogens is 2. The van der Waals surface area contributed by atoms with E-state index in [0.717, 1.165) is 10.3 Å². The Morgan fingerprint density at radius 3 is 3.00 bits per heavy atom. The summed E-state index contributed by atoms with van der Waals surface area (Å²) in [6.45, 7) is 0. The van der Waals surface area contributed by atoms with Crippen molar-refractivity contribution in [3.63, 3.8) is 0 Å². The van der Waals surface area contributed by atoms with E-state index in [4.69, 9.17) is 12.2 Å². The molecule has 1 fully saturated rings. The first-order valence-electron chi connectivity index (χ1n) is 3.41. The van der Waals surface area contributed by atoms with Crippen molar-refractivity contribution in [3.8, 4) is 0 Å². The molecule has 3 heteroatoms. The van der Waals surface area contributed by atoms with Crippen molar-refractivity contribution < 1.29 is 0 Å². The Morgan fingerprint density at radius 1 is 1.60 bits per heavy atom. The molecule has 1 aliphatic rings. The summed E-state index contributed by atoms with van der Waals surface area (Å²) in [6.07, 6.45) is 6.06. The molecule has 1 aromatic heterocycles. The maximum absolute atomic E-state index is 5.05. The number of hydrogen-bond donors (Lipinski definition) is 1. The molecule has 1 N–H and O–H groups in total. The lowest BCUT2D eigenvalue weighted by molar-refractivity contribution is 0.975. The summed E-state index contributed by atoms with van der Waals surface area (Å²) in [4.78, 5) is 7.18. The summed E-state index contributed by atoms with van der Waals surface area (Å²) in [7, 11) is 0. The Balaban J connectivity index is 2.48. The third-order valence-corrected chi connectivity index (χ3v) is 2.03. The number of nitrogens with zero attached hydrogens (tertiary/aromatic N) is 1. The van der Waals surface area contributed by atoms with Crippen LogP contribution < -0.4 is 0 Å². The highest BCUT2D eigenvalue weighted by Gasteiger charge is 2.25. The van der Waals surface area contributed by atoms with Gasteiger partial charge in [-0.05, 0) is 12.8 Å². The summed E-state index contributed by atoms with van der Waals surface area (Å²) in [5, 5.41) is 0. The Bertz CT molecular complexity index is 288. The van der Waals surface area contributed by atoms with Gasteiger partial charge >= 0.3 is 0 Å². The fourth-order valence-electron chi connectivity index (χ4n) is 1.01. The molecular weight excluding hydrogens is 144 g/mol. The second-order valence-corrected chi connectivity index (χ2v) is 2.99. The fourth-order valence-corrected chi connectivity index (χ4v) is 1.30. The molecule has 1 aliphatic carbocycles. The lowest BCUT2D eigenvalue weighted by Crippen LogP contribution is -1.88. The Morgan fingerprint density at radius 2 is 2.40 bits per heavy atom. The minimum absolute atomic E-state index is 0.657. The van der Waals surface area contributed by atoms with Crippen LogP contribution in [0.1, 0.15) is 24.5 Å². The number of H-pyrrole nitrogens is 1. The van der Waals surface area contributed by atoms with E-state index < -0.39 is 0 Å². The predicted octanol–water partition coefficient (Wildman–Crippen LogP) is 2.02. The summed E-state index contributed by atoms with van der Waals surface area (Å²) in [5.41, 5.74) is 1.08. The third-order valence-electron chi connectivity index (χ3n) is 1.70. The third kappa shape index (κ3) is 0.968. The van der Waals surface area contributed by atoms with E-state index in [0.29, 0.717) is 5.92 Å². The van der Waals surface area contributed by atoms with Crippen molar-refractivity contribution in [2.75, 3.05) is 0 Å². The van der Waals surface area contributed by atoms with Crippen molar-refractivity contribution in [1.29, 1.82) is 0 Å². The van der Waals surface area contributed by atoms with Gasteiger partial charge in [0.15, 0.2) is 0 Å². The molecule has 0 radical (unpaired) electrons. The summed E-state index contributed by atoms with van der Waals surface area (Å²) < 4.78 is 0.810. The van der Waals surface area contributed by atoms with Crippen LogP contribution in [0.25, 0.3) is 0 Å². The fraction of sp³-hybridized carbons (Fsp3) is 0.429. The highest BCUT2D eigenvalue weighted by Crippen LogP contribution is 2.38. The standard InChI is InChI=1S/C7H8N2S/c10-7-6(5-1-2-5)8-3-4-9-7/h3-5H,1-2H2,(H,9,10). The van der Waals surface area contributed by atoms with Crippen LogP contribution in [0.5, 0.6) is 0 Å². The summed E-state index contributed by atoms with van der Waals surface area (Å²) in [5.74, 6) is 0.657. The van der Waals surface area contributed by atoms with Crippen molar-refractivity contribution >= 4 is 12.2 Å².